The fraction of sp³-hybridized carbons (Fsp3) is 0.677. The Kier molecular flexibility index (Phi) is 6.75. The maximum absolute atomic E-state index is 12.4. The summed E-state index contributed by atoms with van der Waals surface area (Å²) < 4.78 is 5.96. The molecule has 184 valence electrons. The SMILES string of the molecule is CCCCCCC(=O)O[C@H]1CC[C@@]2(C)C(=CC[C@@H]3[C@@H]2CC[C@]2(C)C(c4cccnc4)=CC[C@@H]32)C1. The molecule has 5 rings (SSSR count). The normalized spacial score (nSPS) is 36.6. The van der Waals surface area contributed by atoms with Crippen molar-refractivity contribution in [1.82, 2.24) is 4.98 Å². The first-order valence-corrected chi connectivity index (χ1v) is 14.0. The van der Waals surface area contributed by atoms with E-state index in [1.165, 1.54) is 50.5 Å². The van der Waals surface area contributed by atoms with Gasteiger partial charge in [-0.2, -0.15) is 0 Å². The number of allylic oxidation sites excluding steroid dienone is 3. The monoisotopic (exact) mass is 461 g/mol. The first kappa shape index (κ1) is 23.8. The van der Waals surface area contributed by atoms with Crippen LogP contribution in [0, 0.1) is 28.6 Å². The Hall–Kier alpha value is -1.90. The van der Waals surface area contributed by atoms with E-state index >= 15 is 0 Å². The highest BCUT2D eigenvalue weighted by Gasteiger charge is 2.57. The summed E-state index contributed by atoms with van der Waals surface area (Å²) in [5.41, 5.74) is 5.01. The van der Waals surface area contributed by atoms with Gasteiger partial charge in [0.1, 0.15) is 6.10 Å². The third-order valence-corrected chi connectivity index (χ3v) is 10.1. The first-order valence-electron chi connectivity index (χ1n) is 14.0. The zero-order valence-electron chi connectivity index (χ0n) is 21.5. The number of esters is 1. The van der Waals surface area contributed by atoms with Gasteiger partial charge in [0.05, 0.1) is 0 Å². The molecule has 0 amide bonds. The summed E-state index contributed by atoms with van der Waals surface area (Å²) >= 11 is 0. The highest BCUT2D eigenvalue weighted by molar-refractivity contribution is 5.72. The van der Waals surface area contributed by atoms with Gasteiger partial charge in [0.25, 0.3) is 0 Å². The topological polar surface area (TPSA) is 39.2 Å². The van der Waals surface area contributed by atoms with E-state index in [1.807, 2.05) is 6.20 Å². The Morgan fingerprint density at radius 2 is 1.91 bits per heavy atom. The number of nitrogens with zero attached hydrogens (tertiary/aromatic N) is 1. The molecule has 1 heterocycles. The number of carbonyl (C=O) groups excluding carboxylic acids is 1. The standard InChI is InChI=1S/C31H43NO2/c1-4-5-6-7-10-29(33)34-24-15-17-30(2)23(20-24)11-12-25-27-14-13-26(22-9-8-19-32-21-22)31(27,3)18-16-28(25)30/h8-9,11,13,19,21,24-25,27-28H,4-7,10,12,14-18,20H2,1-3H3/t24-,25-,27-,28-,30-,31+/m0/s1. The summed E-state index contributed by atoms with van der Waals surface area (Å²) in [5.74, 6) is 2.27. The molecule has 4 aliphatic carbocycles. The Balaban J connectivity index is 1.26. The second kappa shape index (κ2) is 9.63. The number of hydrogen-bond acceptors (Lipinski definition) is 3. The summed E-state index contributed by atoms with van der Waals surface area (Å²) in [6.45, 7) is 7.26. The predicted molar refractivity (Wildman–Crippen MR) is 138 cm³/mol. The van der Waals surface area contributed by atoms with Crippen LogP contribution in [0.3, 0.4) is 0 Å². The van der Waals surface area contributed by atoms with Crippen LogP contribution in [-0.4, -0.2) is 17.1 Å². The zero-order chi connectivity index (χ0) is 23.8. The molecule has 0 N–H and O–H groups in total. The largest absolute Gasteiger partial charge is 0.462 e. The highest BCUT2D eigenvalue weighted by Crippen LogP contribution is 2.66. The fourth-order valence-electron chi connectivity index (χ4n) is 8.21. The van der Waals surface area contributed by atoms with Crippen LogP contribution in [-0.2, 0) is 9.53 Å². The first-order chi connectivity index (χ1) is 16.5. The van der Waals surface area contributed by atoms with Crippen LogP contribution in [0.5, 0.6) is 0 Å². The molecule has 0 radical (unpaired) electrons. The molecule has 6 atom stereocenters. The van der Waals surface area contributed by atoms with Crippen LogP contribution in [0.15, 0.2) is 42.3 Å². The fourth-order valence-corrected chi connectivity index (χ4v) is 8.21. The highest BCUT2D eigenvalue weighted by atomic mass is 16.5. The lowest BCUT2D eigenvalue weighted by Gasteiger charge is -2.57. The lowest BCUT2D eigenvalue weighted by atomic mass is 9.47. The van der Waals surface area contributed by atoms with E-state index in [0.717, 1.165) is 43.4 Å². The number of carbonyl (C=O) groups is 1. The molecule has 34 heavy (non-hydrogen) atoms. The van der Waals surface area contributed by atoms with E-state index in [4.69, 9.17) is 4.74 Å². The van der Waals surface area contributed by atoms with Crippen LogP contribution in [0.4, 0.5) is 0 Å². The van der Waals surface area contributed by atoms with Gasteiger partial charge in [-0.15, -0.1) is 0 Å². The molecule has 0 spiro atoms. The van der Waals surface area contributed by atoms with Gasteiger partial charge in [0.15, 0.2) is 0 Å². The number of hydrogen-bond donors (Lipinski definition) is 0. The minimum absolute atomic E-state index is 0.0207. The lowest BCUT2D eigenvalue weighted by molar-refractivity contribution is -0.151. The van der Waals surface area contributed by atoms with Crippen LogP contribution in [0.25, 0.3) is 5.57 Å². The Labute approximate surface area is 206 Å². The molecule has 0 aromatic carbocycles. The molecule has 2 saturated carbocycles. The average Bonchev–Trinajstić information content (AvgIpc) is 3.20. The van der Waals surface area contributed by atoms with Crippen molar-refractivity contribution < 1.29 is 9.53 Å². The van der Waals surface area contributed by atoms with Gasteiger partial charge < -0.3 is 4.74 Å². The van der Waals surface area contributed by atoms with E-state index in [2.05, 4.69) is 56.2 Å². The van der Waals surface area contributed by atoms with Gasteiger partial charge in [0.2, 0.25) is 0 Å². The molecule has 0 unspecified atom stereocenters. The average molecular weight is 462 g/mol. The van der Waals surface area contributed by atoms with Gasteiger partial charge in [-0.1, -0.05) is 63.8 Å². The number of aromatic nitrogens is 1. The van der Waals surface area contributed by atoms with E-state index in [-0.39, 0.29) is 22.9 Å². The molecule has 4 aliphatic rings. The van der Waals surface area contributed by atoms with Crippen molar-refractivity contribution in [3.05, 3.63) is 47.8 Å². The van der Waals surface area contributed by atoms with E-state index in [0.29, 0.717) is 6.42 Å². The molecule has 3 heteroatoms. The summed E-state index contributed by atoms with van der Waals surface area (Å²) in [6.07, 6.45) is 22.4. The molecular formula is C31H43NO2. The molecular weight excluding hydrogens is 418 g/mol. The summed E-state index contributed by atoms with van der Waals surface area (Å²) in [6, 6.07) is 4.32. The minimum Gasteiger partial charge on any atom is -0.462 e. The van der Waals surface area contributed by atoms with Crippen molar-refractivity contribution in [1.29, 1.82) is 0 Å². The number of unbranched alkanes of at least 4 members (excludes halogenated alkanes) is 3. The van der Waals surface area contributed by atoms with Crippen molar-refractivity contribution in [2.45, 2.75) is 104 Å². The third-order valence-electron chi connectivity index (χ3n) is 10.1. The van der Waals surface area contributed by atoms with Gasteiger partial charge in [-0.05, 0) is 90.7 Å². The maximum Gasteiger partial charge on any atom is 0.306 e. The van der Waals surface area contributed by atoms with E-state index in [1.54, 1.807) is 11.1 Å². The predicted octanol–water partition coefficient (Wildman–Crippen LogP) is 7.92. The van der Waals surface area contributed by atoms with Gasteiger partial charge in [-0.3, -0.25) is 9.78 Å². The van der Waals surface area contributed by atoms with E-state index in [9.17, 15) is 4.79 Å². The quantitative estimate of drug-likeness (QED) is 0.235. The zero-order valence-corrected chi connectivity index (χ0v) is 21.5. The second-order valence-corrected chi connectivity index (χ2v) is 12.0. The van der Waals surface area contributed by atoms with Crippen LogP contribution < -0.4 is 0 Å². The smallest absolute Gasteiger partial charge is 0.306 e. The second-order valence-electron chi connectivity index (χ2n) is 12.0. The van der Waals surface area contributed by atoms with Crippen molar-refractivity contribution in [3.63, 3.8) is 0 Å². The van der Waals surface area contributed by atoms with Crippen molar-refractivity contribution in [2.24, 2.45) is 28.6 Å². The summed E-state index contributed by atoms with van der Waals surface area (Å²) in [4.78, 5) is 16.8. The van der Waals surface area contributed by atoms with Crippen molar-refractivity contribution in [2.75, 3.05) is 0 Å². The molecule has 0 bridgehead atoms. The maximum atomic E-state index is 12.4. The number of rotatable bonds is 7. The number of fused-ring (bicyclic) bond motifs is 5. The molecule has 2 fully saturated rings. The lowest BCUT2D eigenvalue weighted by Crippen LogP contribution is -2.50. The summed E-state index contributed by atoms with van der Waals surface area (Å²) in [5, 5.41) is 0. The van der Waals surface area contributed by atoms with Gasteiger partial charge in [0, 0.05) is 25.2 Å². The summed E-state index contributed by atoms with van der Waals surface area (Å²) in [7, 11) is 0. The van der Waals surface area contributed by atoms with Crippen LogP contribution in [0.2, 0.25) is 0 Å². The Bertz CT molecular complexity index is 949. The van der Waals surface area contributed by atoms with Crippen molar-refractivity contribution >= 4 is 11.5 Å². The Morgan fingerprint density at radius 1 is 1.06 bits per heavy atom. The van der Waals surface area contributed by atoms with Gasteiger partial charge in [-0.25, -0.2) is 0 Å². The van der Waals surface area contributed by atoms with Gasteiger partial charge >= 0.3 is 5.97 Å². The van der Waals surface area contributed by atoms with E-state index < -0.39 is 0 Å². The molecule has 3 nitrogen and oxygen atoms in total. The molecule has 0 saturated heterocycles. The third kappa shape index (κ3) is 4.18. The number of pyridine rings is 1. The minimum atomic E-state index is 0.0207. The van der Waals surface area contributed by atoms with Crippen LogP contribution in [0.1, 0.15) is 103 Å². The molecule has 1 aromatic heterocycles. The van der Waals surface area contributed by atoms with Crippen molar-refractivity contribution in [3.8, 4) is 0 Å². The Morgan fingerprint density at radius 3 is 2.71 bits per heavy atom. The number of ether oxygens (including phenoxy) is 1. The molecule has 0 aliphatic heterocycles. The van der Waals surface area contributed by atoms with Crippen LogP contribution >= 0.6 is 0 Å². The molecule has 1 aromatic rings.